The summed E-state index contributed by atoms with van der Waals surface area (Å²) in [6.07, 6.45) is 1.08. The standard InChI is InChI=1S/C22H24ClN3O2S2/c1-13-6-7-17(9-18(13)23)24-21(28)14(2)30-22(29)25-10-15-8-16(12-25)19-4-3-5-20(27)26(19)11-15/h3-7,9,14-16H,8,10-12H2,1-2H3,(H,24,28)/t14-,15-,16-/m0/s1. The van der Waals surface area contributed by atoms with Gasteiger partial charge in [0.2, 0.25) is 5.91 Å². The van der Waals surface area contributed by atoms with Gasteiger partial charge in [-0.2, -0.15) is 0 Å². The molecule has 2 bridgehead atoms. The average Bonchev–Trinajstić information content (AvgIpc) is 2.71. The molecule has 2 aliphatic heterocycles. The highest BCUT2D eigenvalue weighted by Gasteiger charge is 2.35. The van der Waals surface area contributed by atoms with Gasteiger partial charge in [-0.1, -0.05) is 47.7 Å². The SMILES string of the molecule is Cc1ccc(NC(=O)[C@H](C)SC(=S)N2C[C@@H]3C[C@@H](C2)c2cccc(=O)n2C3)cc1Cl. The number of halogens is 1. The fourth-order valence-electron chi connectivity index (χ4n) is 4.24. The highest BCUT2D eigenvalue weighted by atomic mass is 35.5. The Hall–Kier alpha value is -1.83. The van der Waals surface area contributed by atoms with E-state index in [-0.39, 0.29) is 16.7 Å². The van der Waals surface area contributed by atoms with Crippen molar-refractivity contribution in [3.63, 3.8) is 0 Å². The Labute approximate surface area is 190 Å². The van der Waals surface area contributed by atoms with E-state index >= 15 is 0 Å². The molecule has 30 heavy (non-hydrogen) atoms. The van der Waals surface area contributed by atoms with Gasteiger partial charge < -0.3 is 14.8 Å². The number of rotatable bonds is 3. The van der Waals surface area contributed by atoms with Crippen LogP contribution in [-0.4, -0.2) is 38.0 Å². The zero-order valence-corrected chi connectivity index (χ0v) is 19.3. The lowest BCUT2D eigenvalue weighted by Crippen LogP contribution is -2.48. The van der Waals surface area contributed by atoms with Gasteiger partial charge in [0, 0.05) is 48.0 Å². The van der Waals surface area contributed by atoms with E-state index in [1.165, 1.54) is 11.8 Å². The Bertz CT molecular complexity index is 1050. The van der Waals surface area contributed by atoms with Gasteiger partial charge in [0.25, 0.3) is 5.56 Å². The number of likely N-dealkylation sites (tertiary alicyclic amines) is 1. The maximum Gasteiger partial charge on any atom is 0.250 e. The van der Waals surface area contributed by atoms with Gasteiger partial charge in [0.05, 0.1) is 5.25 Å². The van der Waals surface area contributed by atoms with Gasteiger partial charge in [-0.3, -0.25) is 9.59 Å². The summed E-state index contributed by atoms with van der Waals surface area (Å²) >= 11 is 13.3. The van der Waals surface area contributed by atoms with Crippen LogP contribution in [0.25, 0.3) is 0 Å². The number of thioether (sulfide) groups is 1. The van der Waals surface area contributed by atoms with Crippen LogP contribution in [0.5, 0.6) is 0 Å². The van der Waals surface area contributed by atoms with Crippen molar-refractivity contribution in [3.05, 3.63) is 63.0 Å². The predicted octanol–water partition coefficient (Wildman–Crippen LogP) is 4.27. The number of hydrogen-bond donors (Lipinski definition) is 1. The fourth-order valence-corrected chi connectivity index (χ4v) is 5.77. The van der Waals surface area contributed by atoms with Gasteiger partial charge in [-0.05, 0) is 49.9 Å². The number of aromatic nitrogens is 1. The zero-order chi connectivity index (χ0) is 21.4. The quantitative estimate of drug-likeness (QED) is 0.691. The minimum Gasteiger partial charge on any atom is -0.356 e. The van der Waals surface area contributed by atoms with Gasteiger partial charge in [0.1, 0.15) is 4.32 Å². The number of carbonyl (C=O) groups excluding carboxylic acids is 1. The Morgan fingerprint density at radius 2 is 2.07 bits per heavy atom. The minimum absolute atomic E-state index is 0.0779. The Morgan fingerprint density at radius 3 is 2.83 bits per heavy atom. The lowest BCUT2D eigenvalue weighted by Gasteiger charge is -2.43. The number of thiocarbonyl (C=S) groups is 1. The fraction of sp³-hybridized carbons (Fsp3) is 0.409. The van der Waals surface area contributed by atoms with Gasteiger partial charge in [-0.15, -0.1) is 0 Å². The number of nitrogens with one attached hydrogen (secondary N) is 1. The first-order valence-electron chi connectivity index (χ1n) is 10.0. The van der Waals surface area contributed by atoms with Crippen molar-refractivity contribution in [3.8, 4) is 0 Å². The van der Waals surface area contributed by atoms with Gasteiger partial charge in [-0.25, -0.2) is 0 Å². The monoisotopic (exact) mass is 461 g/mol. The third-order valence-corrected chi connectivity index (χ3v) is 7.81. The summed E-state index contributed by atoms with van der Waals surface area (Å²) in [7, 11) is 0. The summed E-state index contributed by atoms with van der Waals surface area (Å²) < 4.78 is 2.65. The molecule has 0 unspecified atom stereocenters. The van der Waals surface area contributed by atoms with E-state index in [2.05, 4.69) is 10.2 Å². The molecule has 3 heterocycles. The largest absolute Gasteiger partial charge is 0.356 e. The molecule has 1 fully saturated rings. The van der Waals surface area contributed by atoms with Crippen molar-refractivity contribution < 1.29 is 4.79 Å². The summed E-state index contributed by atoms with van der Waals surface area (Å²) in [5.41, 5.74) is 2.83. The van der Waals surface area contributed by atoms with Crippen LogP contribution in [0.1, 0.15) is 30.5 Å². The Balaban J connectivity index is 1.39. The van der Waals surface area contributed by atoms with E-state index in [4.69, 9.17) is 23.8 Å². The highest BCUT2D eigenvalue weighted by molar-refractivity contribution is 8.23. The van der Waals surface area contributed by atoms with E-state index in [1.807, 2.05) is 42.7 Å². The first kappa shape index (κ1) is 21.4. The molecular formula is C22H24ClN3O2S2. The lowest BCUT2D eigenvalue weighted by molar-refractivity contribution is -0.115. The molecule has 2 aliphatic rings. The zero-order valence-electron chi connectivity index (χ0n) is 16.9. The van der Waals surface area contributed by atoms with Crippen molar-refractivity contribution in [2.24, 2.45) is 5.92 Å². The minimum atomic E-state index is -0.325. The number of nitrogens with zero attached hydrogens (tertiary/aromatic N) is 2. The van der Waals surface area contributed by atoms with Crippen LogP contribution >= 0.6 is 35.6 Å². The summed E-state index contributed by atoms with van der Waals surface area (Å²) in [5, 5.41) is 3.22. The molecule has 1 saturated heterocycles. The number of benzene rings is 1. The molecule has 5 nitrogen and oxygen atoms in total. The van der Waals surface area contributed by atoms with Crippen LogP contribution in [0.3, 0.4) is 0 Å². The predicted molar refractivity (Wildman–Crippen MR) is 128 cm³/mol. The number of pyridine rings is 1. The topological polar surface area (TPSA) is 54.3 Å². The molecular weight excluding hydrogens is 438 g/mol. The first-order chi connectivity index (χ1) is 14.3. The van der Waals surface area contributed by atoms with Gasteiger partial charge >= 0.3 is 0 Å². The summed E-state index contributed by atoms with van der Waals surface area (Å²) in [5.74, 6) is 0.592. The molecule has 0 aliphatic carbocycles. The summed E-state index contributed by atoms with van der Waals surface area (Å²) in [6.45, 7) is 6.13. The van der Waals surface area contributed by atoms with E-state index in [0.29, 0.717) is 22.5 Å². The lowest BCUT2D eigenvalue weighted by atomic mass is 9.83. The molecule has 1 aromatic heterocycles. The van der Waals surface area contributed by atoms with Crippen LogP contribution in [0.2, 0.25) is 5.02 Å². The van der Waals surface area contributed by atoms with Gasteiger partial charge in [0.15, 0.2) is 0 Å². The van der Waals surface area contributed by atoms with Crippen LogP contribution < -0.4 is 10.9 Å². The van der Waals surface area contributed by atoms with Crippen molar-refractivity contribution in [1.29, 1.82) is 0 Å². The Morgan fingerprint density at radius 1 is 1.27 bits per heavy atom. The van der Waals surface area contributed by atoms with E-state index in [1.54, 1.807) is 12.1 Å². The third-order valence-electron chi connectivity index (χ3n) is 5.82. The van der Waals surface area contributed by atoms with Crippen molar-refractivity contribution in [1.82, 2.24) is 9.47 Å². The maximum absolute atomic E-state index is 12.6. The number of amides is 1. The van der Waals surface area contributed by atoms with E-state index in [0.717, 1.165) is 41.6 Å². The van der Waals surface area contributed by atoms with Crippen molar-refractivity contribution >= 4 is 51.5 Å². The van der Waals surface area contributed by atoms with Crippen LogP contribution in [-0.2, 0) is 11.3 Å². The summed E-state index contributed by atoms with van der Waals surface area (Å²) in [6, 6.07) is 11.0. The van der Waals surface area contributed by atoms with Crippen LogP contribution in [0.4, 0.5) is 5.69 Å². The second kappa shape index (κ2) is 8.73. The van der Waals surface area contributed by atoms with E-state index in [9.17, 15) is 9.59 Å². The summed E-state index contributed by atoms with van der Waals surface area (Å²) in [4.78, 5) is 27.0. The number of hydrogen-bond acceptors (Lipinski definition) is 4. The molecule has 1 aromatic carbocycles. The Kier molecular flexibility index (Phi) is 6.23. The second-order valence-corrected chi connectivity index (χ2v) is 10.5. The first-order valence-corrected chi connectivity index (χ1v) is 11.7. The number of carbonyl (C=O) groups is 1. The van der Waals surface area contributed by atoms with Crippen molar-refractivity contribution in [2.75, 3.05) is 18.4 Å². The molecule has 1 N–H and O–H groups in total. The number of fused-ring (bicyclic) bond motifs is 4. The number of aryl methyl sites for hydroxylation is 1. The van der Waals surface area contributed by atoms with E-state index < -0.39 is 0 Å². The molecule has 1 amide bonds. The highest BCUT2D eigenvalue weighted by Crippen LogP contribution is 2.36. The third kappa shape index (κ3) is 4.43. The molecule has 8 heteroatoms. The molecule has 0 saturated carbocycles. The molecule has 2 aromatic rings. The molecule has 158 valence electrons. The normalized spacial score (nSPS) is 21.0. The second-order valence-electron chi connectivity index (χ2n) is 8.08. The number of anilines is 1. The smallest absolute Gasteiger partial charge is 0.250 e. The molecule has 0 radical (unpaired) electrons. The van der Waals surface area contributed by atoms with Crippen LogP contribution in [0.15, 0.2) is 41.2 Å². The average molecular weight is 462 g/mol. The van der Waals surface area contributed by atoms with Crippen LogP contribution in [0, 0.1) is 12.8 Å². The maximum atomic E-state index is 12.6. The number of piperidine rings is 1. The molecule has 3 atom stereocenters. The van der Waals surface area contributed by atoms with Crippen molar-refractivity contribution in [2.45, 2.75) is 38.0 Å². The molecule has 0 spiro atoms. The molecule has 4 rings (SSSR count).